The van der Waals surface area contributed by atoms with Crippen LogP contribution in [0.1, 0.15) is 44.9 Å². The minimum atomic E-state index is -0.455. The number of nitrogen functional groups attached to an aromatic ring is 1. The number of hydrogen-bond acceptors (Lipinski definition) is 6. The lowest BCUT2D eigenvalue weighted by Crippen LogP contribution is -2.24. The Kier molecular flexibility index (Phi) is 9.27. The van der Waals surface area contributed by atoms with Crippen LogP contribution in [0.25, 0.3) is 11.3 Å². The topological polar surface area (TPSA) is 99.1 Å². The quantitative estimate of drug-likeness (QED) is 0.584. The second-order valence-corrected chi connectivity index (χ2v) is 9.21. The molecule has 2 aromatic heterocycles. The highest BCUT2D eigenvalue weighted by atomic mass is 35.5. The number of aromatic nitrogens is 2. The first-order valence-electron chi connectivity index (χ1n) is 10.9. The van der Waals surface area contributed by atoms with Crippen LogP contribution in [-0.4, -0.2) is 35.8 Å². The molecule has 4 rings (SSSR count). The number of halogens is 2. The zero-order valence-corrected chi connectivity index (χ0v) is 19.7. The fraction of sp³-hybridized carbons (Fsp3) is 0.545. The Morgan fingerprint density at radius 1 is 1.16 bits per heavy atom. The third-order valence-corrected chi connectivity index (χ3v) is 6.43. The Morgan fingerprint density at radius 3 is 2.52 bits per heavy atom. The highest BCUT2D eigenvalue weighted by molar-refractivity contribution is 7.28. The Labute approximate surface area is 190 Å². The van der Waals surface area contributed by atoms with E-state index in [0.717, 1.165) is 32.6 Å². The van der Waals surface area contributed by atoms with Crippen molar-refractivity contribution < 1.29 is 9.13 Å². The van der Waals surface area contributed by atoms with E-state index in [4.69, 9.17) is 27.8 Å². The number of hydrogen-bond donors (Lipinski definition) is 3. The van der Waals surface area contributed by atoms with Crippen molar-refractivity contribution in [1.29, 1.82) is 0 Å². The van der Waals surface area contributed by atoms with E-state index in [9.17, 15) is 4.39 Å². The molecule has 1 aliphatic heterocycles. The minimum absolute atomic E-state index is 0.162. The van der Waals surface area contributed by atoms with Crippen molar-refractivity contribution in [1.82, 2.24) is 9.97 Å². The zero-order valence-electron chi connectivity index (χ0n) is 17.7. The summed E-state index contributed by atoms with van der Waals surface area (Å²) in [5, 5.41) is 4.29. The summed E-state index contributed by atoms with van der Waals surface area (Å²) in [6.07, 6.45) is 10.1. The van der Waals surface area contributed by atoms with Crippen LogP contribution in [0.4, 0.5) is 16.0 Å². The number of anilines is 2. The molecule has 1 saturated heterocycles. The molecule has 0 radical (unpaired) electrons. The SMILES string of the molecule is NC1CCCCC1.Nc1cc(-c2nc(NCC3CCOCC3)c(P)cc2F)c(Cl)cn1. The van der Waals surface area contributed by atoms with Crippen LogP contribution in [0.15, 0.2) is 18.3 Å². The fourth-order valence-corrected chi connectivity index (χ4v) is 4.30. The van der Waals surface area contributed by atoms with Gasteiger partial charge in [-0.2, -0.15) is 0 Å². The van der Waals surface area contributed by atoms with Gasteiger partial charge < -0.3 is 21.5 Å². The number of nitrogens with one attached hydrogen (secondary N) is 1. The van der Waals surface area contributed by atoms with Crippen LogP contribution in [0.3, 0.4) is 0 Å². The van der Waals surface area contributed by atoms with Gasteiger partial charge in [-0.15, -0.1) is 9.24 Å². The summed E-state index contributed by atoms with van der Waals surface area (Å²) in [6, 6.07) is 3.49. The zero-order chi connectivity index (χ0) is 22.2. The maximum atomic E-state index is 14.4. The summed E-state index contributed by atoms with van der Waals surface area (Å²) in [6.45, 7) is 2.34. The molecule has 5 N–H and O–H groups in total. The van der Waals surface area contributed by atoms with Crippen LogP contribution in [0.2, 0.25) is 5.02 Å². The van der Waals surface area contributed by atoms with Gasteiger partial charge >= 0.3 is 0 Å². The van der Waals surface area contributed by atoms with Gasteiger partial charge in [0.25, 0.3) is 0 Å². The van der Waals surface area contributed by atoms with Crippen molar-refractivity contribution in [2.75, 3.05) is 30.8 Å². The van der Waals surface area contributed by atoms with Crippen LogP contribution in [0.5, 0.6) is 0 Å². The molecular formula is C22H32ClFN5OP. The van der Waals surface area contributed by atoms with E-state index >= 15 is 0 Å². The maximum absolute atomic E-state index is 14.4. The smallest absolute Gasteiger partial charge is 0.150 e. The van der Waals surface area contributed by atoms with Gasteiger partial charge in [0, 0.05) is 42.9 Å². The van der Waals surface area contributed by atoms with Crippen molar-refractivity contribution in [3.8, 4) is 11.3 Å². The Bertz CT molecular complexity index is 860. The summed E-state index contributed by atoms with van der Waals surface area (Å²) < 4.78 is 19.7. The highest BCUT2D eigenvalue weighted by Crippen LogP contribution is 2.30. The van der Waals surface area contributed by atoms with Crippen molar-refractivity contribution >= 4 is 37.8 Å². The number of ether oxygens (including phenoxy) is 1. The average molecular weight is 468 g/mol. The van der Waals surface area contributed by atoms with Gasteiger partial charge in [-0.3, -0.25) is 0 Å². The Hall–Kier alpha value is -1.53. The van der Waals surface area contributed by atoms with Gasteiger partial charge in [-0.05, 0) is 43.7 Å². The number of pyridine rings is 2. The van der Waals surface area contributed by atoms with E-state index in [1.165, 1.54) is 50.4 Å². The van der Waals surface area contributed by atoms with E-state index in [1.807, 2.05) is 0 Å². The van der Waals surface area contributed by atoms with E-state index in [1.54, 1.807) is 0 Å². The first-order chi connectivity index (χ1) is 14.9. The lowest BCUT2D eigenvalue weighted by Gasteiger charge is -2.23. The molecule has 0 spiro atoms. The van der Waals surface area contributed by atoms with Crippen molar-refractivity contribution in [2.24, 2.45) is 11.7 Å². The van der Waals surface area contributed by atoms with Crippen LogP contribution in [-0.2, 0) is 4.74 Å². The van der Waals surface area contributed by atoms with Crippen molar-refractivity contribution in [3.63, 3.8) is 0 Å². The first-order valence-corrected chi connectivity index (χ1v) is 11.8. The molecule has 2 aromatic rings. The standard InChI is InChI=1S/C16H19ClFN4OP.C6H13N/c17-11-8-20-14(19)5-10(11)15-12(18)6-13(24)16(22-15)21-7-9-1-3-23-4-2-9;7-6-4-2-1-3-5-6/h5-6,8-9H,1-4,7,24H2,(H2,19,20)(H,21,22);6H,1-5,7H2. The molecule has 6 nitrogen and oxygen atoms in total. The summed E-state index contributed by atoms with van der Waals surface area (Å²) >= 11 is 6.13. The van der Waals surface area contributed by atoms with Gasteiger partial charge in [0.05, 0.1) is 5.02 Å². The van der Waals surface area contributed by atoms with Gasteiger partial charge in [0.1, 0.15) is 23.1 Å². The molecule has 3 heterocycles. The molecule has 0 amide bonds. The molecule has 1 unspecified atom stereocenters. The van der Waals surface area contributed by atoms with E-state index in [2.05, 4.69) is 24.5 Å². The summed E-state index contributed by atoms with van der Waals surface area (Å²) in [5.74, 6) is 0.958. The molecular weight excluding hydrogens is 436 g/mol. The number of rotatable bonds is 4. The summed E-state index contributed by atoms with van der Waals surface area (Å²) in [7, 11) is 2.51. The Balaban J connectivity index is 0.000000330. The largest absolute Gasteiger partial charge is 0.384 e. The second-order valence-electron chi connectivity index (χ2n) is 8.18. The first kappa shape index (κ1) is 24.1. The molecule has 170 valence electrons. The van der Waals surface area contributed by atoms with E-state index in [-0.39, 0.29) is 11.5 Å². The molecule has 1 aliphatic carbocycles. The lowest BCUT2D eigenvalue weighted by molar-refractivity contribution is 0.0699. The lowest BCUT2D eigenvalue weighted by atomic mass is 9.97. The Morgan fingerprint density at radius 2 is 1.87 bits per heavy atom. The van der Waals surface area contributed by atoms with E-state index in [0.29, 0.717) is 33.7 Å². The van der Waals surface area contributed by atoms with Gasteiger partial charge in [-0.25, -0.2) is 14.4 Å². The van der Waals surface area contributed by atoms with Crippen LogP contribution in [0, 0.1) is 11.7 Å². The third-order valence-electron chi connectivity index (χ3n) is 5.69. The maximum Gasteiger partial charge on any atom is 0.150 e. The van der Waals surface area contributed by atoms with E-state index < -0.39 is 5.82 Å². The van der Waals surface area contributed by atoms with Gasteiger partial charge in [-0.1, -0.05) is 30.9 Å². The van der Waals surface area contributed by atoms with Crippen LogP contribution < -0.4 is 22.1 Å². The van der Waals surface area contributed by atoms with Crippen molar-refractivity contribution in [3.05, 3.63) is 29.2 Å². The van der Waals surface area contributed by atoms with Gasteiger partial charge in [0.2, 0.25) is 0 Å². The van der Waals surface area contributed by atoms with Crippen LogP contribution >= 0.6 is 20.8 Å². The minimum Gasteiger partial charge on any atom is -0.384 e. The fourth-order valence-electron chi connectivity index (χ4n) is 3.80. The number of nitrogens with two attached hydrogens (primary N) is 2. The predicted molar refractivity (Wildman–Crippen MR) is 129 cm³/mol. The molecule has 2 fully saturated rings. The molecule has 1 saturated carbocycles. The molecule has 1 atom stereocenters. The second kappa shape index (κ2) is 11.9. The van der Waals surface area contributed by atoms with Gasteiger partial charge in [0.15, 0.2) is 0 Å². The molecule has 31 heavy (non-hydrogen) atoms. The normalized spacial score (nSPS) is 17.7. The average Bonchev–Trinajstić information content (AvgIpc) is 2.77. The monoisotopic (exact) mass is 467 g/mol. The third kappa shape index (κ3) is 7.25. The molecule has 0 bridgehead atoms. The molecule has 9 heteroatoms. The predicted octanol–water partition coefficient (Wildman–Crippen LogP) is 4.14. The molecule has 0 aromatic carbocycles. The molecule has 2 aliphatic rings. The number of nitrogens with zero attached hydrogens (tertiary/aromatic N) is 2. The summed E-state index contributed by atoms with van der Waals surface area (Å²) in [4.78, 5) is 8.32. The van der Waals surface area contributed by atoms with Crippen molar-refractivity contribution in [2.45, 2.75) is 51.0 Å². The highest BCUT2D eigenvalue weighted by Gasteiger charge is 2.17. The summed E-state index contributed by atoms with van der Waals surface area (Å²) in [5.41, 5.74) is 11.9.